The summed E-state index contributed by atoms with van der Waals surface area (Å²) in [6, 6.07) is 13.8. The zero-order chi connectivity index (χ0) is 24.4. The van der Waals surface area contributed by atoms with Crippen molar-refractivity contribution in [2.24, 2.45) is 5.92 Å². The van der Waals surface area contributed by atoms with Gasteiger partial charge in [0.2, 0.25) is 5.91 Å². The molecule has 9 heteroatoms. The van der Waals surface area contributed by atoms with E-state index in [2.05, 4.69) is 24.1 Å². The van der Waals surface area contributed by atoms with Crippen LogP contribution >= 0.6 is 10.0 Å². The molecule has 1 saturated heterocycles. The molecule has 0 aliphatic carbocycles. The predicted octanol–water partition coefficient (Wildman–Crippen LogP) is 3.32. The number of carbonyl (C=O) groups excluding carboxylic acids is 2. The Morgan fingerprint density at radius 3 is 2.15 bits per heavy atom. The molecule has 2 unspecified atom stereocenters. The first-order chi connectivity index (χ1) is 15.4. The zero-order valence-corrected chi connectivity index (χ0v) is 21.3. The predicted molar refractivity (Wildman–Crippen MR) is 134 cm³/mol. The number of ether oxygens (including phenoxy) is 1. The standard InChI is InChI=1S/C24H32N2O5S2/c1-26(24(28)18-14-15-33(29,30)16-18)22(17-6-10-20(31-2)11-7-17)23(27)25-19-8-12-21(13-9-19)32(3,4)5/h6-13,18,22H,14-16H2,1-5H3,(H,25,27). The van der Waals surface area contributed by atoms with Crippen LogP contribution in [0.3, 0.4) is 0 Å². The van der Waals surface area contributed by atoms with Crippen LogP contribution < -0.4 is 10.1 Å². The Balaban J connectivity index is 1.87. The Labute approximate surface area is 197 Å². The molecule has 1 fully saturated rings. The largest absolute Gasteiger partial charge is 0.497 e. The number of anilines is 1. The Hall–Kier alpha value is -2.52. The van der Waals surface area contributed by atoms with Crippen LogP contribution in [-0.2, 0) is 19.4 Å². The molecule has 0 radical (unpaired) electrons. The number of nitrogens with zero attached hydrogens (tertiary/aromatic N) is 1. The van der Waals surface area contributed by atoms with Crippen LogP contribution in [0.1, 0.15) is 18.0 Å². The monoisotopic (exact) mass is 492 g/mol. The van der Waals surface area contributed by atoms with Crippen molar-refractivity contribution in [3.05, 3.63) is 54.1 Å². The molecule has 1 N–H and O–H groups in total. The summed E-state index contributed by atoms with van der Waals surface area (Å²) in [5.74, 6) is -0.897. The van der Waals surface area contributed by atoms with E-state index < -0.39 is 31.8 Å². The SMILES string of the molecule is COc1ccc(C(C(=O)Nc2ccc(S(C)(C)C)cc2)N(C)C(=O)C2CCS(=O)(=O)C2)cc1. The number of benzene rings is 2. The molecule has 0 bridgehead atoms. The third-order valence-corrected chi connectivity index (χ3v) is 9.28. The minimum Gasteiger partial charge on any atom is -0.497 e. The van der Waals surface area contributed by atoms with Crippen molar-refractivity contribution >= 4 is 37.4 Å². The number of sulfone groups is 1. The quantitative estimate of drug-likeness (QED) is 0.640. The number of hydrogen-bond acceptors (Lipinski definition) is 5. The number of hydrogen-bond donors (Lipinski definition) is 1. The van der Waals surface area contributed by atoms with Crippen molar-refractivity contribution in [3.63, 3.8) is 0 Å². The van der Waals surface area contributed by atoms with Crippen LogP contribution in [0.25, 0.3) is 0 Å². The van der Waals surface area contributed by atoms with Crippen LogP contribution in [0.2, 0.25) is 0 Å². The zero-order valence-electron chi connectivity index (χ0n) is 19.7. The lowest BCUT2D eigenvalue weighted by molar-refractivity contribution is -0.140. The first kappa shape index (κ1) is 25.1. The second-order valence-electron chi connectivity index (χ2n) is 9.08. The average molecular weight is 493 g/mol. The van der Waals surface area contributed by atoms with Gasteiger partial charge >= 0.3 is 0 Å². The van der Waals surface area contributed by atoms with Crippen molar-refractivity contribution in [3.8, 4) is 5.75 Å². The van der Waals surface area contributed by atoms with Gasteiger partial charge in [0.25, 0.3) is 5.91 Å². The molecule has 2 aromatic rings. The molecule has 2 aromatic carbocycles. The van der Waals surface area contributed by atoms with Crippen molar-refractivity contribution in [2.45, 2.75) is 17.4 Å². The fraction of sp³-hybridized carbons (Fsp3) is 0.417. The minimum absolute atomic E-state index is 0.00123. The maximum absolute atomic E-state index is 13.4. The van der Waals surface area contributed by atoms with Gasteiger partial charge in [0.1, 0.15) is 11.8 Å². The highest BCUT2D eigenvalue weighted by molar-refractivity contribution is 8.32. The number of likely N-dealkylation sites (N-methyl/N-ethyl adjacent to an activating group) is 1. The van der Waals surface area contributed by atoms with Gasteiger partial charge in [0.15, 0.2) is 9.84 Å². The second kappa shape index (κ2) is 9.77. The summed E-state index contributed by atoms with van der Waals surface area (Å²) < 4.78 is 29.0. The maximum atomic E-state index is 13.4. The van der Waals surface area contributed by atoms with Gasteiger partial charge in [-0.05, 0) is 72.0 Å². The molecule has 2 amide bonds. The van der Waals surface area contributed by atoms with Crippen LogP contribution in [0.15, 0.2) is 53.4 Å². The molecule has 1 aliphatic rings. The number of nitrogens with one attached hydrogen (secondary N) is 1. The van der Waals surface area contributed by atoms with E-state index in [9.17, 15) is 18.0 Å². The van der Waals surface area contributed by atoms with E-state index in [0.717, 1.165) is 0 Å². The molecular weight excluding hydrogens is 460 g/mol. The number of carbonyl (C=O) groups is 2. The third-order valence-electron chi connectivity index (χ3n) is 5.83. The smallest absolute Gasteiger partial charge is 0.251 e. The molecule has 3 rings (SSSR count). The number of amides is 2. The summed E-state index contributed by atoms with van der Waals surface area (Å²) in [5.41, 5.74) is 1.25. The summed E-state index contributed by atoms with van der Waals surface area (Å²) in [6.07, 6.45) is 6.87. The molecule has 2 atom stereocenters. The molecule has 0 saturated carbocycles. The molecule has 180 valence electrons. The van der Waals surface area contributed by atoms with Crippen molar-refractivity contribution in [1.29, 1.82) is 0 Å². The summed E-state index contributed by atoms with van der Waals surface area (Å²) in [4.78, 5) is 29.1. The number of rotatable bonds is 7. The van der Waals surface area contributed by atoms with E-state index >= 15 is 0 Å². The van der Waals surface area contributed by atoms with Crippen LogP contribution in [0, 0.1) is 5.92 Å². The Bertz CT molecular complexity index is 1110. The van der Waals surface area contributed by atoms with E-state index in [1.807, 2.05) is 24.3 Å². The Morgan fingerprint density at radius 2 is 1.67 bits per heavy atom. The van der Waals surface area contributed by atoms with E-state index in [1.165, 1.54) is 9.80 Å². The normalized spacial score (nSPS) is 18.9. The highest BCUT2D eigenvalue weighted by atomic mass is 32.3. The lowest BCUT2D eigenvalue weighted by atomic mass is 10.0. The fourth-order valence-corrected chi connectivity index (χ4v) is 6.58. The highest BCUT2D eigenvalue weighted by Crippen LogP contribution is 2.45. The molecule has 1 heterocycles. The molecule has 33 heavy (non-hydrogen) atoms. The first-order valence-electron chi connectivity index (χ1n) is 10.6. The lowest BCUT2D eigenvalue weighted by Gasteiger charge is -2.30. The van der Waals surface area contributed by atoms with Crippen molar-refractivity contribution in [2.75, 3.05) is 49.7 Å². The van der Waals surface area contributed by atoms with Crippen LogP contribution in [-0.4, -0.2) is 69.6 Å². The molecule has 1 aliphatic heterocycles. The van der Waals surface area contributed by atoms with E-state index in [0.29, 0.717) is 17.0 Å². The molecule has 7 nitrogen and oxygen atoms in total. The minimum atomic E-state index is -3.22. The first-order valence-corrected chi connectivity index (χ1v) is 15.3. The summed E-state index contributed by atoms with van der Waals surface area (Å²) >= 11 is 0. The van der Waals surface area contributed by atoms with Gasteiger partial charge in [-0.2, -0.15) is 0 Å². The third kappa shape index (κ3) is 6.09. The van der Waals surface area contributed by atoms with Gasteiger partial charge in [-0.25, -0.2) is 18.4 Å². The Morgan fingerprint density at radius 1 is 1.06 bits per heavy atom. The topological polar surface area (TPSA) is 92.8 Å². The van der Waals surface area contributed by atoms with Gasteiger partial charge in [-0.1, -0.05) is 12.1 Å². The van der Waals surface area contributed by atoms with Crippen LogP contribution in [0.4, 0.5) is 5.69 Å². The molecular formula is C24H32N2O5S2. The van der Waals surface area contributed by atoms with Gasteiger partial charge < -0.3 is 15.0 Å². The van der Waals surface area contributed by atoms with Gasteiger partial charge in [0, 0.05) is 12.7 Å². The van der Waals surface area contributed by atoms with E-state index in [-0.39, 0.29) is 29.7 Å². The molecule has 0 spiro atoms. The van der Waals surface area contributed by atoms with Crippen molar-refractivity contribution in [1.82, 2.24) is 4.90 Å². The lowest BCUT2D eigenvalue weighted by Crippen LogP contribution is -2.41. The maximum Gasteiger partial charge on any atom is 0.251 e. The molecule has 0 aromatic heterocycles. The fourth-order valence-electron chi connectivity index (χ4n) is 3.90. The second-order valence-corrected chi connectivity index (χ2v) is 15.4. The number of methoxy groups -OCH3 is 1. The van der Waals surface area contributed by atoms with Crippen molar-refractivity contribution < 1.29 is 22.7 Å². The van der Waals surface area contributed by atoms with Gasteiger partial charge in [0.05, 0.1) is 24.5 Å². The van der Waals surface area contributed by atoms with E-state index in [1.54, 1.807) is 38.4 Å². The Kier molecular flexibility index (Phi) is 7.43. The summed E-state index contributed by atoms with van der Waals surface area (Å²) in [7, 11) is -1.00. The average Bonchev–Trinajstić information content (AvgIpc) is 3.13. The van der Waals surface area contributed by atoms with Crippen LogP contribution in [0.5, 0.6) is 5.75 Å². The van der Waals surface area contributed by atoms with E-state index in [4.69, 9.17) is 4.74 Å². The highest BCUT2D eigenvalue weighted by Gasteiger charge is 2.38. The van der Waals surface area contributed by atoms with Gasteiger partial charge in [-0.15, -0.1) is 0 Å². The summed E-state index contributed by atoms with van der Waals surface area (Å²) in [5, 5.41) is 2.92. The van der Waals surface area contributed by atoms with Gasteiger partial charge in [-0.3, -0.25) is 9.59 Å². The summed E-state index contributed by atoms with van der Waals surface area (Å²) in [6.45, 7) is 0.